The van der Waals surface area contributed by atoms with Crippen molar-refractivity contribution in [3.8, 4) is 0 Å². The zero-order valence-electron chi connectivity index (χ0n) is 29.4. The van der Waals surface area contributed by atoms with E-state index in [9.17, 15) is 70.6 Å². The average molecular weight is 790 g/mol. The number of nitrogens with one attached hydrogen (secondary N) is 3. The molecule has 0 aromatic rings. The summed E-state index contributed by atoms with van der Waals surface area (Å²) in [6, 6.07) is -4.47. The van der Waals surface area contributed by atoms with Crippen molar-refractivity contribution in [2.75, 3.05) is 26.4 Å². The van der Waals surface area contributed by atoms with E-state index in [1.807, 2.05) is 0 Å². The highest BCUT2D eigenvalue weighted by atomic mass is 16.7. The van der Waals surface area contributed by atoms with Crippen LogP contribution in [0.1, 0.15) is 20.8 Å². The van der Waals surface area contributed by atoms with E-state index in [2.05, 4.69) is 16.0 Å². The molecule has 4 aliphatic rings. The van der Waals surface area contributed by atoms with E-state index in [0.29, 0.717) is 0 Å². The third-order valence-electron chi connectivity index (χ3n) is 9.39. The molecular weight excluding hydrogens is 738 g/mol. The van der Waals surface area contributed by atoms with Crippen LogP contribution in [0.5, 0.6) is 0 Å². The molecule has 0 saturated carbocycles. The molecular formula is C30H51N3O21. The van der Waals surface area contributed by atoms with Crippen LogP contribution in [0, 0.1) is 0 Å². The number of hydrogen-bond donors (Lipinski definition) is 14. The van der Waals surface area contributed by atoms with Gasteiger partial charge in [0.1, 0.15) is 97.5 Å². The molecule has 54 heavy (non-hydrogen) atoms. The zero-order chi connectivity index (χ0) is 40.2. The Morgan fingerprint density at radius 3 is 1.39 bits per heavy atom. The summed E-state index contributed by atoms with van der Waals surface area (Å²) in [6.45, 7) is 0.0884. The molecule has 0 spiro atoms. The van der Waals surface area contributed by atoms with E-state index < -0.39 is 167 Å². The molecule has 4 aliphatic heterocycles. The molecule has 312 valence electrons. The lowest BCUT2D eigenvalue weighted by Crippen LogP contribution is -2.69. The first kappa shape index (κ1) is 44.4. The van der Waals surface area contributed by atoms with Crippen LogP contribution >= 0.6 is 0 Å². The van der Waals surface area contributed by atoms with Crippen LogP contribution in [0.2, 0.25) is 0 Å². The Balaban J connectivity index is 1.57. The number of amides is 3. The Bertz CT molecular complexity index is 1250. The maximum atomic E-state index is 12.1. The van der Waals surface area contributed by atoms with Crippen LogP contribution in [0.3, 0.4) is 0 Å². The van der Waals surface area contributed by atoms with Gasteiger partial charge in [0.15, 0.2) is 25.2 Å². The number of carbonyl (C=O) groups excluding carboxylic acids is 3. The predicted molar refractivity (Wildman–Crippen MR) is 169 cm³/mol. The van der Waals surface area contributed by atoms with E-state index in [4.69, 9.17) is 33.2 Å². The van der Waals surface area contributed by atoms with Gasteiger partial charge in [-0.1, -0.05) is 0 Å². The third-order valence-corrected chi connectivity index (χ3v) is 9.39. The summed E-state index contributed by atoms with van der Waals surface area (Å²) in [4.78, 5) is 35.9. The molecule has 0 aromatic heterocycles. The highest BCUT2D eigenvalue weighted by Crippen LogP contribution is 2.33. The van der Waals surface area contributed by atoms with E-state index in [1.165, 1.54) is 0 Å². The van der Waals surface area contributed by atoms with Gasteiger partial charge in [0, 0.05) is 20.8 Å². The standard InChI is InChI=1S/C30H51N3O21/c1-8(37)31-15-22(44)18(40)11(4-34)50-28(15)48-7-14-21(43)25(17(27(47)49-14)33-10(3)39)53-30-24(46)26(20(42)13(6-36)52-30)54-29-16(32-9(2)38)23(45)19(41)12(5-35)51-29/h11-30,34-36,40-47H,4-7H2,1-3H3,(H,31,37)(H,32,38)(H,33,39)/t11-,12-,13-,14-,15-,16-,17-,18-,19-,20+,21+,22-,23-,24-,25-,26+,27-,28-,29+,30+/m1/s1. The van der Waals surface area contributed by atoms with Crippen molar-refractivity contribution < 1.29 is 104 Å². The van der Waals surface area contributed by atoms with Crippen LogP contribution in [-0.4, -0.2) is 223 Å². The fourth-order valence-electron chi connectivity index (χ4n) is 6.65. The number of hydrogen-bond acceptors (Lipinski definition) is 21. The SMILES string of the molecule is CC(=O)N[C@@H]1[C@@H](O[C@@H]2O[C@H](CO)[C@H](O)[C@H](O[C@@H]3O[C@H](CO)[C@@H](O)[C@H](O)[C@H]3NC(C)=O)[C@H]2O)[C@@H](O)[C@@H](CO[C@@H]2O[C@H](CO)[C@@H](O)[C@H](O)[C@H]2NC(C)=O)O[C@H]1O. The quantitative estimate of drug-likeness (QED) is 0.0823. The van der Waals surface area contributed by atoms with Crippen LogP contribution in [0.4, 0.5) is 0 Å². The maximum Gasteiger partial charge on any atom is 0.217 e. The fraction of sp³-hybridized carbons (Fsp3) is 0.900. The van der Waals surface area contributed by atoms with Gasteiger partial charge in [0.2, 0.25) is 17.7 Å². The summed E-state index contributed by atoms with van der Waals surface area (Å²) >= 11 is 0. The molecule has 0 aliphatic carbocycles. The molecule has 4 saturated heterocycles. The highest BCUT2D eigenvalue weighted by Gasteiger charge is 2.55. The fourth-order valence-corrected chi connectivity index (χ4v) is 6.65. The Morgan fingerprint density at radius 2 is 0.889 bits per heavy atom. The molecule has 4 heterocycles. The first-order valence-electron chi connectivity index (χ1n) is 17.1. The smallest absolute Gasteiger partial charge is 0.217 e. The Morgan fingerprint density at radius 1 is 0.481 bits per heavy atom. The van der Waals surface area contributed by atoms with Gasteiger partial charge in [0.25, 0.3) is 0 Å². The topological polar surface area (TPSA) is 374 Å². The Kier molecular flexibility index (Phi) is 15.8. The van der Waals surface area contributed by atoms with E-state index >= 15 is 0 Å². The van der Waals surface area contributed by atoms with Crippen molar-refractivity contribution in [2.24, 2.45) is 0 Å². The summed E-state index contributed by atoms with van der Waals surface area (Å²) in [5.41, 5.74) is 0. The number of aliphatic hydroxyl groups is 11. The second-order valence-corrected chi connectivity index (χ2v) is 13.4. The van der Waals surface area contributed by atoms with Gasteiger partial charge < -0.3 is 105 Å². The van der Waals surface area contributed by atoms with E-state index in [1.54, 1.807) is 0 Å². The lowest BCUT2D eigenvalue weighted by molar-refractivity contribution is -0.367. The first-order chi connectivity index (χ1) is 25.4. The summed E-state index contributed by atoms with van der Waals surface area (Å²) in [5.74, 6) is -2.09. The second-order valence-electron chi connectivity index (χ2n) is 13.4. The number of rotatable bonds is 13. The van der Waals surface area contributed by atoms with Crippen molar-refractivity contribution >= 4 is 17.7 Å². The first-order valence-corrected chi connectivity index (χ1v) is 17.1. The van der Waals surface area contributed by atoms with Crippen molar-refractivity contribution in [1.82, 2.24) is 16.0 Å². The van der Waals surface area contributed by atoms with Gasteiger partial charge in [-0.25, -0.2) is 0 Å². The highest BCUT2D eigenvalue weighted by molar-refractivity contribution is 5.74. The number of aliphatic hydroxyl groups excluding tert-OH is 11. The van der Waals surface area contributed by atoms with Crippen LogP contribution in [0.15, 0.2) is 0 Å². The second kappa shape index (κ2) is 19.2. The monoisotopic (exact) mass is 789 g/mol. The predicted octanol–water partition coefficient (Wildman–Crippen LogP) is -9.32. The average Bonchev–Trinajstić information content (AvgIpc) is 3.11. The third kappa shape index (κ3) is 9.97. The molecule has 24 heteroatoms. The molecule has 3 amide bonds. The van der Waals surface area contributed by atoms with Crippen molar-refractivity contribution in [3.63, 3.8) is 0 Å². The van der Waals surface area contributed by atoms with Crippen LogP contribution in [-0.2, 0) is 47.5 Å². The van der Waals surface area contributed by atoms with Gasteiger partial charge in [-0.3, -0.25) is 14.4 Å². The molecule has 4 fully saturated rings. The summed E-state index contributed by atoms with van der Waals surface area (Å²) in [5, 5.41) is 123. The molecule has 24 nitrogen and oxygen atoms in total. The van der Waals surface area contributed by atoms with Gasteiger partial charge in [-0.05, 0) is 0 Å². The number of ether oxygens (including phenoxy) is 7. The van der Waals surface area contributed by atoms with Gasteiger partial charge in [-0.15, -0.1) is 0 Å². The summed E-state index contributed by atoms with van der Waals surface area (Å²) in [6.07, 6.45) is -29.3. The molecule has 4 rings (SSSR count). The van der Waals surface area contributed by atoms with Gasteiger partial charge >= 0.3 is 0 Å². The van der Waals surface area contributed by atoms with E-state index in [0.717, 1.165) is 20.8 Å². The Hall–Kier alpha value is -2.31. The molecule has 0 aromatic carbocycles. The van der Waals surface area contributed by atoms with E-state index in [-0.39, 0.29) is 0 Å². The minimum Gasteiger partial charge on any atom is -0.394 e. The van der Waals surface area contributed by atoms with Crippen molar-refractivity contribution in [1.29, 1.82) is 0 Å². The van der Waals surface area contributed by atoms with Crippen LogP contribution in [0.25, 0.3) is 0 Å². The molecule has 0 unspecified atom stereocenters. The van der Waals surface area contributed by atoms with Crippen LogP contribution < -0.4 is 16.0 Å². The van der Waals surface area contributed by atoms with Gasteiger partial charge in [-0.2, -0.15) is 0 Å². The normalized spacial score (nSPS) is 45.7. The minimum absolute atomic E-state index is 0.649. The van der Waals surface area contributed by atoms with Crippen molar-refractivity contribution in [3.05, 3.63) is 0 Å². The lowest BCUT2D eigenvalue weighted by atomic mass is 9.94. The van der Waals surface area contributed by atoms with Crippen molar-refractivity contribution in [2.45, 2.75) is 143 Å². The Labute approximate surface area is 307 Å². The lowest BCUT2D eigenvalue weighted by Gasteiger charge is -2.49. The molecule has 20 atom stereocenters. The summed E-state index contributed by atoms with van der Waals surface area (Å²) in [7, 11) is 0. The zero-order valence-corrected chi connectivity index (χ0v) is 29.4. The molecule has 0 radical (unpaired) electrons. The maximum absolute atomic E-state index is 12.1. The minimum atomic E-state index is -2.06. The van der Waals surface area contributed by atoms with Gasteiger partial charge in [0.05, 0.1) is 26.4 Å². The largest absolute Gasteiger partial charge is 0.394 e. The molecule has 14 N–H and O–H groups in total. The molecule has 0 bridgehead atoms. The number of carbonyl (C=O) groups is 3. The summed E-state index contributed by atoms with van der Waals surface area (Å²) < 4.78 is 39.5.